The molecule has 84 valence electrons. The number of benzene rings is 1. The van der Waals surface area contributed by atoms with Crippen molar-refractivity contribution in [1.29, 1.82) is 0 Å². The van der Waals surface area contributed by atoms with Crippen molar-refractivity contribution in [3.63, 3.8) is 0 Å². The van der Waals surface area contributed by atoms with E-state index in [-0.39, 0.29) is 12.6 Å². The second-order valence-electron chi connectivity index (χ2n) is 4.08. The highest BCUT2D eigenvalue weighted by Crippen LogP contribution is 2.13. The number of nitrogens with one attached hydrogen (secondary N) is 1. The first kappa shape index (κ1) is 12.0. The molecule has 0 spiro atoms. The van der Waals surface area contributed by atoms with Gasteiger partial charge in [-0.25, -0.2) is 0 Å². The number of hydrogen-bond acceptors (Lipinski definition) is 3. The Morgan fingerprint density at radius 2 is 1.87 bits per heavy atom. The molecule has 0 aliphatic rings. The monoisotopic (exact) mass is 208 g/mol. The highest BCUT2D eigenvalue weighted by Gasteiger charge is 2.10. The van der Waals surface area contributed by atoms with Crippen LogP contribution in [0.1, 0.15) is 19.4 Å². The Bertz CT molecular complexity index is 282. The first-order valence-electron chi connectivity index (χ1n) is 5.33. The molecule has 0 saturated carbocycles. The first-order valence-corrected chi connectivity index (χ1v) is 5.33. The number of hydrogen-bond donors (Lipinski definition) is 3. The minimum Gasteiger partial charge on any atom is -0.394 e. The second kappa shape index (κ2) is 5.73. The molecule has 0 heterocycles. The molecule has 0 aliphatic heterocycles. The van der Waals surface area contributed by atoms with Crippen LogP contribution in [0.4, 0.5) is 5.69 Å². The number of rotatable bonds is 5. The van der Waals surface area contributed by atoms with Crippen molar-refractivity contribution in [3.8, 4) is 0 Å². The highest BCUT2D eigenvalue weighted by molar-refractivity contribution is 5.45. The smallest absolute Gasteiger partial charge is 0.0635 e. The van der Waals surface area contributed by atoms with Gasteiger partial charge in [0, 0.05) is 12.2 Å². The predicted molar refractivity (Wildman–Crippen MR) is 63.7 cm³/mol. The Hall–Kier alpha value is -1.06. The largest absolute Gasteiger partial charge is 0.394 e. The Morgan fingerprint density at radius 3 is 2.27 bits per heavy atom. The third-order valence-corrected chi connectivity index (χ3v) is 2.54. The summed E-state index contributed by atoms with van der Waals surface area (Å²) in [7, 11) is 0. The summed E-state index contributed by atoms with van der Waals surface area (Å²) in [6.45, 7) is 4.88. The van der Waals surface area contributed by atoms with Crippen molar-refractivity contribution in [1.82, 2.24) is 0 Å². The molecule has 0 aliphatic carbocycles. The summed E-state index contributed by atoms with van der Waals surface area (Å²) < 4.78 is 0. The quantitative estimate of drug-likeness (QED) is 0.688. The summed E-state index contributed by atoms with van der Waals surface area (Å²) in [5, 5.41) is 12.5. The Labute approximate surface area is 91.3 Å². The van der Waals surface area contributed by atoms with Crippen LogP contribution in [-0.2, 0) is 6.54 Å². The van der Waals surface area contributed by atoms with Crippen LogP contribution in [-0.4, -0.2) is 17.8 Å². The average molecular weight is 208 g/mol. The summed E-state index contributed by atoms with van der Waals surface area (Å²) in [6.07, 6.45) is 0. The van der Waals surface area contributed by atoms with Crippen molar-refractivity contribution in [2.45, 2.75) is 26.4 Å². The molecule has 0 aromatic heterocycles. The van der Waals surface area contributed by atoms with Crippen LogP contribution in [0.3, 0.4) is 0 Å². The molecule has 4 N–H and O–H groups in total. The fraction of sp³-hybridized carbons (Fsp3) is 0.500. The third-order valence-electron chi connectivity index (χ3n) is 2.54. The van der Waals surface area contributed by atoms with Crippen molar-refractivity contribution in [2.75, 3.05) is 11.9 Å². The molecule has 0 saturated heterocycles. The third kappa shape index (κ3) is 3.53. The molecule has 0 unspecified atom stereocenters. The van der Waals surface area contributed by atoms with Crippen molar-refractivity contribution in [2.24, 2.45) is 11.7 Å². The first-order chi connectivity index (χ1) is 7.17. The average Bonchev–Trinajstić information content (AvgIpc) is 2.26. The molecule has 1 aromatic carbocycles. The van der Waals surface area contributed by atoms with Gasteiger partial charge in [0.1, 0.15) is 0 Å². The topological polar surface area (TPSA) is 58.3 Å². The SMILES string of the molecule is CC(C)[C@@H](CO)Nc1ccc(CN)cc1. The van der Waals surface area contributed by atoms with Crippen LogP contribution in [0, 0.1) is 5.92 Å². The summed E-state index contributed by atoms with van der Waals surface area (Å²) >= 11 is 0. The number of anilines is 1. The molecule has 3 heteroatoms. The van der Waals surface area contributed by atoms with Gasteiger partial charge in [-0.3, -0.25) is 0 Å². The summed E-state index contributed by atoms with van der Waals surface area (Å²) in [5.41, 5.74) is 7.66. The minimum absolute atomic E-state index is 0.105. The number of aliphatic hydroxyl groups excluding tert-OH is 1. The van der Waals surface area contributed by atoms with Crippen LogP contribution in [0.25, 0.3) is 0 Å². The van der Waals surface area contributed by atoms with Gasteiger partial charge in [0.25, 0.3) is 0 Å². The molecule has 0 fully saturated rings. The zero-order valence-corrected chi connectivity index (χ0v) is 9.40. The fourth-order valence-corrected chi connectivity index (χ4v) is 1.37. The Kier molecular flexibility index (Phi) is 4.59. The van der Waals surface area contributed by atoms with Gasteiger partial charge in [-0.15, -0.1) is 0 Å². The van der Waals surface area contributed by atoms with Crippen LogP contribution in [0.5, 0.6) is 0 Å². The highest BCUT2D eigenvalue weighted by atomic mass is 16.3. The standard InChI is InChI=1S/C12H20N2O/c1-9(2)12(8-15)14-11-5-3-10(7-13)4-6-11/h3-6,9,12,14-15H,7-8,13H2,1-2H3/t12-/m1/s1. The maximum absolute atomic E-state index is 9.18. The molecule has 1 rings (SSSR count). The molecule has 3 nitrogen and oxygen atoms in total. The van der Waals surface area contributed by atoms with E-state index in [2.05, 4.69) is 19.2 Å². The van der Waals surface area contributed by atoms with Gasteiger partial charge in [0.05, 0.1) is 12.6 Å². The van der Waals surface area contributed by atoms with Gasteiger partial charge in [-0.1, -0.05) is 26.0 Å². The van der Waals surface area contributed by atoms with Crippen LogP contribution in [0.15, 0.2) is 24.3 Å². The van der Waals surface area contributed by atoms with Gasteiger partial charge in [-0.2, -0.15) is 0 Å². The fourth-order valence-electron chi connectivity index (χ4n) is 1.37. The molecule has 15 heavy (non-hydrogen) atoms. The summed E-state index contributed by atoms with van der Waals surface area (Å²) in [5.74, 6) is 0.407. The predicted octanol–water partition coefficient (Wildman–Crippen LogP) is 1.57. The van der Waals surface area contributed by atoms with E-state index >= 15 is 0 Å². The molecule has 0 bridgehead atoms. The van der Waals surface area contributed by atoms with E-state index in [0.29, 0.717) is 12.5 Å². The van der Waals surface area contributed by atoms with E-state index < -0.39 is 0 Å². The van der Waals surface area contributed by atoms with Gasteiger partial charge in [-0.05, 0) is 23.6 Å². The maximum Gasteiger partial charge on any atom is 0.0635 e. The molecule has 0 radical (unpaired) electrons. The van der Waals surface area contributed by atoms with E-state index in [9.17, 15) is 5.11 Å². The lowest BCUT2D eigenvalue weighted by Crippen LogP contribution is -2.29. The van der Waals surface area contributed by atoms with Crippen molar-refractivity contribution < 1.29 is 5.11 Å². The van der Waals surface area contributed by atoms with E-state index in [1.165, 1.54) is 0 Å². The van der Waals surface area contributed by atoms with Crippen LogP contribution >= 0.6 is 0 Å². The minimum atomic E-state index is 0.105. The van der Waals surface area contributed by atoms with Gasteiger partial charge < -0.3 is 16.2 Å². The summed E-state index contributed by atoms with van der Waals surface area (Å²) in [6, 6.07) is 8.09. The van der Waals surface area contributed by atoms with Crippen LogP contribution in [0.2, 0.25) is 0 Å². The maximum atomic E-state index is 9.18. The molecular formula is C12H20N2O. The summed E-state index contributed by atoms with van der Waals surface area (Å²) in [4.78, 5) is 0. The van der Waals surface area contributed by atoms with Gasteiger partial charge >= 0.3 is 0 Å². The molecule has 1 atom stereocenters. The second-order valence-corrected chi connectivity index (χ2v) is 4.08. The lowest BCUT2D eigenvalue weighted by molar-refractivity contribution is 0.249. The molecule has 1 aromatic rings. The Balaban J connectivity index is 2.63. The van der Waals surface area contributed by atoms with Gasteiger partial charge in [0.15, 0.2) is 0 Å². The van der Waals surface area contributed by atoms with Gasteiger partial charge in [0.2, 0.25) is 0 Å². The van der Waals surface area contributed by atoms with Crippen LogP contribution < -0.4 is 11.1 Å². The van der Waals surface area contributed by atoms with Crippen molar-refractivity contribution in [3.05, 3.63) is 29.8 Å². The number of nitrogens with two attached hydrogens (primary N) is 1. The molecule has 0 amide bonds. The number of aliphatic hydroxyl groups is 1. The zero-order valence-electron chi connectivity index (χ0n) is 9.40. The zero-order chi connectivity index (χ0) is 11.3. The lowest BCUT2D eigenvalue weighted by atomic mass is 10.0. The Morgan fingerprint density at radius 1 is 1.27 bits per heavy atom. The van der Waals surface area contributed by atoms with E-state index in [1.54, 1.807) is 0 Å². The van der Waals surface area contributed by atoms with E-state index in [0.717, 1.165) is 11.3 Å². The van der Waals surface area contributed by atoms with E-state index in [4.69, 9.17) is 5.73 Å². The normalized spacial score (nSPS) is 12.9. The van der Waals surface area contributed by atoms with E-state index in [1.807, 2.05) is 24.3 Å². The van der Waals surface area contributed by atoms with Crippen molar-refractivity contribution >= 4 is 5.69 Å². The molecular weight excluding hydrogens is 188 g/mol. The lowest BCUT2D eigenvalue weighted by Gasteiger charge is -2.21.